The van der Waals surface area contributed by atoms with Crippen LogP contribution < -0.4 is 4.90 Å². The monoisotopic (exact) mass is 300 g/mol. The number of hydrogen-bond donors (Lipinski definition) is 0. The summed E-state index contributed by atoms with van der Waals surface area (Å²) in [5, 5.41) is 8.22. The minimum Gasteiger partial charge on any atom is -0.366 e. The van der Waals surface area contributed by atoms with Gasteiger partial charge >= 0.3 is 0 Å². The number of nitrogens with zero attached hydrogens (tertiary/aromatic N) is 6. The highest BCUT2D eigenvalue weighted by molar-refractivity contribution is 5.39. The summed E-state index contributed by atoms with van der Waals surface area (Å²) in [4.78, 5) is 11.4. The molecule has 1 saturated carbocycles. The number of ether oxygens (including phenoxy) is 1. The maximum atomic E-state index is 5.90. The normalized spacial score (nSPS) is 22.0. The quantitative estimate of drug-likeness (QED) is 0.853. The first-order chi connectivity index (χ1) is 10.8. The van der Waals surface area contributed by atoms with Crippen LogP contribution in [0, 0.1) is 0 Å². The third-order valence-corrected chi connectivity index (χ3v) is 4.27. The van der Waals surface area contributed by atoms with E-state index in [0.29, 0.717) is 12.5 Å². The molecular weight excluding hydrogens is 280 g/mol. The van der Waals surface area contributed by atoms with Crippen molar-refractivity contribution in [1.29, 1.82) is 0 Å². The van der Waals surface area contributed by atoms with Crippen LogP contribution in [0.4, 0.5) is 5.82 Å². The second-order valence-electron chi connectivity index (χ2n) is 5.83. The van der Waals surface area contributed by atoms with Gasteiger partial charge in [0.2, 0.25) is 0 Å². The lowest BCUT2D eigenvalue weighted by Gasteiger charge is -2.33. The molecule has 116 valence electrons. The van der Waals surface area contributed by atoms with Gasteiger partial charge in [0.25, 0.3) is 0 Å². The van der Waals surface area contributed by atoms with E-state index in [-0.39, 0.29) is 6.10 Å². The fourth-order valence-electron chi connectivity index (χ4n) is 2.85. The Morgan fingerprint density at radius 2 is 2.27 bits per heavy atom. The second-order valence-corrected chi connectivity index (χ2v) is 5.83. The first kappa shape index (κ1) is 13.6. The van der Waals surface area contributed by atoms with E-state index in [1.807, 2.05) is 16.8 Å². The van der Waals surface area contributed by atoms with Crippen molar-refractivity contribution in [3.8, 4) is 0 Å². The number of morpholine rings is 1. The molecule has 2 fully saturated rings. The van der Waals surface area contributed by atoms with Crippen molar-refractivity contribution in [1.82, 2.24) is 24.7 Å². The van der Waals surface area contributed by atoms with Crippen LogP contribution >= 0.6 is 0 Å². The molecule has 0 N–H and O–H groups in total. The summed E-state index contributed by atoms with van der Waals surface area (Å²) in [7, 11) is 0. The fraction of sp³-hybridized carbons (Fsp3) is 0.600. The van der Waals surface area contributed by atoms with E-state index in [2.05, 4.69) is 27.0 Å². The molecule has 0 spiro atoms. The minimum absolute atomic E-state index is 0.0597. The summed E-state index contributed by atoms with van der Waals surface area (Å²) in [5.41, 5.74) is 0. The van der Waals surface area contributed by atoms with Crippen LogP contribution in [0.25, 0.3) is 0 Å². The van der Waals surface area contributed by atoms with Crippen molar-refractivity contribution in [3.63, 3.8) is 0 Å². The summed E-state index contributed by atoms with van der Waals surface area (Å²) in [6, 6.07) is 1.98. The van der Waals surface area contributed by atoms with Gasteiger partial charge < -0.3 is 14.2 Å². The van der Waals surface area contributed by atoms with Gasteiger partial charge in [0.05, 0.1) is 13.2 Å². The summed E-state index contributed by atoms with van der Waals surface area (Å²) in [6.45, 7) is 5.20. The molecule has 0 aromatic carbocycles. The molecule has 7 heteroatoms. The number of rotatable bonds is 4. The molecule has 1 aliphatic carbocycles. The molecule has 0 radical (unpaired) electrons. The summed E-state index contributed by atoms with van der Waals surface area (Å²) >= 11 is 0. The number of aromatic nitrogens is 5. The smallest absolute Gasteiger partial charge is 0.163 e. The third kappa shape index (κ3) is 2.56. The lowest BCUT2D eigenvalue weighted by Crippen LogP contribution is -2.39. The summed E-state index contributed by atoms with van der Waals surface area (Å²) in [6.07, 6.45) is 6.00. The molecule has 7 nitrogen and oxygen atoms in total. The predicted octanol–water partition coefficient (Wildman–Crippen LogP) is 1.54. The Hall–Kier alpha value is -2.02. The van der Waals surface area contributed by atoms with Crippen molar-refractivity contribution in [2.75, 3.05) is 24.6 Å². The Bertz CT molecular complexity index is 653. The maximum absolute atomic E-state index is 5.90. The van der Waals surface area contributed by atoms with Crippen LogP contribution in [0.5, 0.6) is 0 Å². The van der Waals surface area contributed by atoms with E-state index in [1.54, 1.807) is 6.33 Å². The maximum Gasteiger partial charge on any atom is 0.163 e. The molecule has 1 unspecified atom stereocenters. The molecule has 2 aromatic heterocycles. The molecule has 22 heavy (non-hydrogen) atoms. The Labute approximate surface area is 129 Å². The number of anilines is 1. The number of hydrogen-bond acceptors (Lipinski definition) is 6. The highest BCUT2D eigenvalue weighted by Crippen LogP contribution is 2.38. The Morgan fingerprint density at radius 3 is 3.09 bits per heavy atom. The van der Waals surface area contributed by atoms with Crippen LogP contribution in [-0.2, 0) is 11.3 Å². The second kappa shape index (κ2) is 5.64. The van der Waals surface area contributed by atoms with Crippen molar-refractivity contribution < 1.29 is 4.74 Å². The van der Waals surface area contributed by atoms with Gasteiger partial charge in [0.1, 0.15) is 24.1 Å². The molecule has 2 aliphatic rings. The molecule has 1 atom stereocenters. The van der Waals surface area contributed by atoms with E-state index < -0.39 is 0 Å². The van der Waals surface area contributed by atoms with Crippen LogP contribution in [-0.4, -0.2) is 44.4 Å². The van der Waals surface area contributed by atoms with Gasteiger partial charge in [-0.1, -0.05) is 0 Å². The van der Waals surface area contributed by atoms with Gasteiger partial charge in [-0.15, -0.1) is 10.2 Å². The molecular formula is C15H20N6O. The average molecular weight is 300 g/mol. The van der Waals surface area contributed by atoms with E-state index in [9.17, 15) is 0 Å². The third-order valence-electron chi connectivity index (χ3n) is 4.27. The zero-order valence-electron chi connectivity index (χ0n) is 12.7. The van der Waals surface area contributed by atoms with Crippen LogP contribution in [0.3, 0.4) is 0 Å². The topological polar surface area (TPSA) is 69.0 Å². The van der Waals surface area contributed by atoms with Gasteiger partial charge in [-0.3, -0.25) is 0 Å². The Balaban J connectivity index is 1.54. The molecule has 4 rings (SSSR count). The van der Waals surface area contributed by atoms with Gasteiger partial charge in [-0.05, 0) is 25.8 Å². The van der Waals surface area contributed by atoms with Gasteiger partial charge in [0.15, 0.2) is 5.82 Å². The van der Waals surface area contributed by atoms with Crippen molar-refractivity contribution >= 4 is 5.82 Å². The average Bonchev–Trinajstić information content (AvgIpc) is 3.32. The van der Waals surface area contributed by atoms with Gasteiger partial charge in [0, 0.05) is 25.2 Å². The van der Waals surface area contributed by atoms with Crippen LogP contribution in [0.1, 0.15) is 43.4 Å². The first-order valence-electron chi connectivity index (χ1n) is 7.92. The summed E-state index contributed by atoms with van der Waals surface area (Å²) in [5.74, 6) is 3.44. The molecule has 1 aliphatic heterocycles. The van der Waals surface area contributed by atoms with E-state index in [1.165, 1.54) is 12.8 Å². The van der Waals surface area contributed by atoms with E-state index >= 15 is 0 Å². The lowest BCUT2D eigenvalue weighted by molar-refractivity contribution is 0.0313. The molecule has 1 saturated heterocycles. The van der Waals surface area contributed by atoms with Gasteiger partial charge in [-0.2, -0.15) is 0 Å². The highest BCUT2D eigenvalue weighted by atomic mass is 16.5. The number of aryl methyl sites for hydroxylation is 1. The Morgan fingerprint density at radius 1 is 1.36 bits per heavy atom. The Kier molecular flexibility index (Phi) is 3.49. The molecule has 0 bridgehead atoms. The van der Waals surface area contributed by atoms with Crippen LogP contribution in [0.2, 0.25) is 0 Å². The largest absolute Gasteiger partial charge is 0.366 e. The minimum atomic E-state index is -0.0597. The standard InChI is InChI=1S/C15H20N6O/c1-2-20-10-17-19-15(20)12-9-21(7-8-22-12)13-5-6-16-14(18-13)11-3-4-11/h5-6,10-12H,2-4,7-9H2,1H3. The lowest BCUT2D eigenvalue weighted by atomic mass is 10.2. The highest BCUT2D eigenvalue weighted by Gasteiger charge is 2.29. The fourth-order valence-corrected chi connectivity index (χ4v) is 2.85. The SMILES string of the molecule is CCn1cnnc1C1CN(c2ccnc(C3CC3)n2)CCO1. The first-order valence-corrected chi connectivity index (χ1v) is 7.92. The van der Waals surface area contributed by atoms with E-state index in [0.717, 1.165) is 37.1 Å². The summed E-state index contributed by atoms with van der Waals surface area (Å²) < 4.78 is 7.93. The van der Waals surface area contributed by atoms with E-state index in [4.69, 9.17) is 9.72 Å². The molecule has 2 aromatic rings. The van der Waals surface area contributed by atoms with Crippen molar-refractivity contribution in [3.05, 3.63) is 30.2 Å². The van der Waals surface area contributed by atoms with Crippen molar-refractivity contribution in [2.45, 2.75) is 38.3 Å². The van der Waals surface area contributed by atoms with Crippen molar-refractivity contribution in [2.24, 2.45) is 0 Å². The zero-order valence-corrected chi connectivity index (χ0v) is 12.7. The molecule has 0 amide bonds. The van der Waals surface area contributed by atoms with Crippen LogP contribution in [0.15, 0.2) is 18.6 Å². The molecule has 3 heterocycles. The predicted molar refractivity (Wildman–Crippen MR) is 80.6 cm³/mol. The van der Waals surface area contributed by atoms with Gasteiger partial charge in [-0.25, -0.2) is 9.97 Å². The zero-order chi connectivity index (χ0) is 14.9.